The van der Waals surface area contributed by atoms with Gasteiger partial charge in [-0.3, -0.25) is 4.79 Å². The molecule has 1 amide bonds. The fraction of sp³-hybridized carbons (Fsp3) is 0.533. The Balaban J connectivity index is 2.15. The summed E-state index contributed by atoms with van der Waals surface area (Å²) in [5, 5.41) is 3.70. The van der Waals surface area contributed by atoms with Crippen LogP contribution in [0, 0.1) is 12.3 Å². The summed E-state index contributed by atoms with van der Waals surface area (Å²) >= 11 is 5.92. The lowest BCUT2D eigenvalue weighted by atomic mass is 9.73. The molecule has 0 heterocycles. The topological polar surface area (TPSA) is 55.1 Å². The van der Waals surface area contributed by atoms with E-state index in [1.54, 1.807) is 6.07 Å². The predicted octanol–water partition coefficient (Wildman–Crippen LogP) is 3.50. The van der Waals surface area contributed by atoms with E-state index < -0.39 is 0 Å². The van der Waals surface area contributed by atoms with Crippen molar-refractivity contribution in [1.29, 1.82) is 0 Å². The summed E-state index contributed by atoms with van der Waals surface area (Å²) in [5.41, 5.74) is 7.29. The smallest absolute Gasteiger partial charge is 0.231 e. The van der Waals surface area contributed by atoms with Gasteiger partial charge in [0, 0.05) is 17.3 Å². The molecule has 3 N–H and O–H groups in total. The van der Waals surface area contributed by atoms with Crippen molar-refractivity contribution in [2.45, 2.75) is 39.0 Å². The Morgan fingerprint density at radius 3 is 2.63 bits per heavy atom. The van der Waals surface area contributed by atoms with Gasteiger partial charge in [0.1, 0.15) is 0 Å². The summed E-state index contributed by atoms with van der Waals surface area (Å²) in [5.74, 6) is 0.0557. The van der Waals surface area contributed by atoms with Crippen molar-refractivity contribution in [3.05, 3.63) is 28.8 Å². The lowest BCUT2D eigenvalue weighted by Gasteiger charge is -2.34. The molecule has 0 atom stereocenters. The maximum Gasteiger partial charge on any atom is 0.231 e. The van der Waals surface area contributed by atoms with Crippen molar-refractivity contribution >= 4 is 23.2 Å². The molecule has 0 unspecified atom stereocenters. The standard InChI is InChI=1S/C15H21ClN2O/c1-11-9-12(16)5-6-13(11)18-14(19)15(10-17)7-3-2-4-8-15/h5-6,9H,2-4,7-8,10,17H2,1H3,(H,18,19). The van der Waals surface area contributed by atoms with Crippen molar-refractivity contribution in [2.24, 2.45) is 11.1 Å². The maximum absolute atomic E-state index is 12.5. The number of nitrogens with one attached hydrogen (secondary N) is 1. The van der Waals surface area contributed by atoms with Crippen LogP contribution in [0.4, 0.5) is 5.69 Å². The number of amides is 1. The number of hydrogen-bond donors (Lipinski definition) is 2. The highest BCUT2D eigenvalue weighted by atomic mass is 35.5. The van der Waals surface area contributed by atoms with Gasteiger partial charge in [0.05, 0.1) is 5.41 Å². The van der Waals surface area contributed by atoms with Crippen molar-refractivity contribution in [3.8, 4) is 0 Å². The number of halogens is 1. The van der Waals surface area contributed by atoms with E-state index in [0.717, 1.165) is 36.9 Å². The third-order valence-corrected chi connectivity index (χ3v) is 4.35. The molecule has 1 aromatic carbocycles. The molecular weight excluding hydrogens is 260 g/mol. The third-order valence-electron chi connectivity index (χ3n) is 4.12. The average molecular weight is 281 g/mol. The summed E-state index contributed by atoms with van der Waals surface area (Å²) in [6.45, 7) is 2.36. The molecule has 0 aliphatic heterocycles. The van der Waals surface area contributed by atoms with Gasteiger partial charge in [-0.25, -0.2) is 0 Å². The highest BCUT2D eigenvalue weighted by Gasteiger charge is 2.38. The van der Waals surface area contributed by atoms with E-state index in [0.29, 0.717) is 11.6 Å². The Morgan fingerprint density at radius 1 is 1.37 bits per heavy atom. The van der Waals surface area contributed by atoms with Gasteiger partial charge in [0.2, 0.25) is 5.91 Å². The quantitative estimate of drug-likeness (QED) is 0.890. The highest BCUT2D eigenvalue weighted by molar-refractivity contribution is 6.30. The molecule has 3 nitrogen and oxygen atoms in total. The number of rotatable bonds is 3. The van der Waals surface area contributed by atoms with Gasteiger partial charge in [-0.15, -0.1) is 0 Å². The van der Waals surface area contributed by atoms with E-state index in [1.165, 1.54) is 6.42 Å². The van der Waals surface area contributed by atoms with Gasteiger partial charge in [-0.1, -0.05) is 30.9 Å². The van der Waals surface area contributed by atoms with Crippen LogP contribution in [0.15, 0.2) is 18.2 Å². The molecule has 0 radical (unpaired) electrons. The summed E-state index contributed by atoms with van der Waals surface area (Å²) < 4.78 is 0. The first kappa shape index (κ1) is 14.4. The second kappa shape index (κ2) is 5.93. The van der Waals surface area contributed by atoms with Crippen LogP contribution in [-0.2, 0) is 4.79 Å². The van der Waals surface area contributed by atoms with Crippen LogP contribution in [-0.4, -0.2) is 12.5 Å². The maximum atomic E-state index is 12.5. The minimum atomic E-state index is -0.385. The van der Waals surface area contributed by atoms with Gasteiger partial charge in [-0.2, -0.15) is 0 Å². The van der Waals surface area contributed by atoms with E-state index in [-0.39, 0.29) is 11.3 Å². The summed E-state index contributed by atoms with van der Waals surface area (Å²) in [6, 6.07) is 5.50. The van der Waals surface area contributed by atoms with E-state index in [4.69, 9.17) is 17.3 Å². The zero-order valence-electron chi connectivity index (χ0n) is 11.3. The zero-order valence-corrected chi connectivity index (χ0v) is 12.1. The van der Waals surface area contributed by atoms with Crippen LogP contribution < -0.4 is 11.1 Å². The minimum absolute atomic E-state index is 0.0557. The first-order valence-corrected chi connectivity index (χ1v) is 7.23. The number of nitrogens with two attached hydrogens (primary N) is 1. The first-order valence-electron chi connectivity index (χ1n) is 6.85. The lowest BCUT2D eigenvalue weighted by Crippen LogP contribution is -2.43. The molecule has 1 aromatic rings. The molecule has 0 spiro atoms. The van der Waals surface area contributed by atoms with Crippen LogP contribution in [0.5, 0.6) is 0 Å². The molecule has 0 aromatic heterocycles. The molecule has 1 aliphatic carbocycles. The third kappa shape index (κ3) is 3.10. The fourth-order valence-electron chi connectivity index (χ4n) is 2.77. The molecule has 1 aliphatic rings. The lowest BCUT2D eigenvalue weighted by molar-refractivity contribution is -0.126. The van der Waals surface area contributed by atoms with Crippen LogP contribution in [0.2, 0.25) is 5.02 Å². The van der Waals surface area contributed by atoms with Gasteiger partial charge in [0.25, 0.3) is 0 Å². The van der Waals surface area contributed by atoms with Crippen LogP contribution in [0.3, 0.4) is 0 Å². The molecule has 0 saturated heterocycles. The molecule has 0 bridgehead atoms. The fourth-order valence-corrected chi connectivity index (χ4v) is 3.00. The van der Waals surface area contributed by atoms with Gasteiger partial charge in [0.15, 0.2) is 0 Å². The van der Waals surface area contributed by atoms with Crippen molar-refractivity contribution in [2.75, 3.05) is 11.9 Å². The van der Waals surface area contributed by atoms with Crippen molar-refractivity contribution in [3.63, 3.8) is 0 Å². The van der Waals surface area contributed by atoms with Gasteiger partial charge in [-0.05, 0) is 43.5 Å². The Kier molecular flexibility index (Phi) is 4.48. The number of carbonyl (C=O) groups excluding carboxylic acids is 1. The van der Waals surface area contributed by atoms with E-state index >= 15 is 0 Å². The van der Waals surface area contributed by atoms with Crippen LogP contribution >= 0.6 is 11.6 Å². The van der Waals surface area contributed by atoms with Gasteiger partial charge >= 0.3 is 0 Å². The monoisotopic (exact) mass is 280 g/mol. The molecule has 19 heavy (non-hydrogen) atoms. The molecule has 104 valence electrons. The van der Waals surface area contributed by atoms with E-state index in [9.17, 15) is 4.79 Å². The number of anilines is 1. The second-order valence-electron chi connectivity index (χ2n) is 5.46. The minimum Gasteiger partial charge on any atom is -0.329 e. The zero-order chi connectivity index (χ0) is 13.9. The number of aryl methyl sites for hydroxylation is 1. The average Bonchev–Trinajstić information content (AvgIpc) is 2.42. The van der Waals surface area contributed by atoms with Crippen molar-refractivity contribution in [1.82, 2.24) is 0 Å². The Morgan fingerprint density at radius 2 is 2.05 bits per heavy atom. The largest absolute Gasteiger partial charge is 0.329 e. The number of hydrogen-bond acceptors (Lipinski definition) is 2. The van der Waals surface area contributed by atoms with Crippen molar-refractivity contribution < 1.29 is 4.79 Å². The Hall–Kier alpha value is -1.06. The number of carbonyl (C=O) groups is 1. The molecule has 1 fully saturated rings. The SMILES string of the molecule is Cc1cc(Cl)ccc1NC(=O)C1(CN)CCCCC1. The van der Waals surface area contributed by atoms with Gasteiger partial charge < -0.3 is 11.1 Å². The summed E-state index contributed by atoms with van der Waals surface area (Å²) in [6.07, 6.45) is 5.16. The second-order valence-corrected chi connectivity index (χ2v) is 5.89. The number of benzene rings is 1. The van der Waals surface area contributed by atoms with E-state index in [2.05, 4.69) is 5.32 Å². The summed E-state index contributed by atoms with van der Waals surface area (Å²) in [4.78, 5) is 12.5. The summed E-state index contributed by atoms with van der Waals surface area (Å²) in [7, 11) is 0. The molecule has 1 saturated carbocycles. The normalized spacial score (nSPS) is 18.1. The molecule has 2 rings (SSSR count). The highest BCUT2D eigenvalue weighted by Crippen LogP contribution is 2.36. The van der Waals surface area contributed by atoms with Crippen LogP contribution in [0.25, 0.3) is 0 Å². The first-order chi connectivity index (χ1) is 9.07. The molecular formula is C15H21ClN2O. The predicted molar refractivity (Wildman–Crippen MR) is 79.4 cm³/mol. The Labute approximate surface area is 119 Å². The molecule has 4 heteroatoms. The Bertz CT molecular complexity index is 467. The van der Waals surface area contributed by atoms with E-state index in [1.807, 2.05) is 19.1 Å². The van der Waals surface area contributed by atoms with Crippen LogP contribution in [0.1, 0.15) is 37.7 Å².